The minimum atomic E-state index is -0.190. The van der Waals surface area contributed by atoms with E-state index in [1.165, 1.54) is 0 Å². The number of carbonyl (C=O) groups excluding carboxylic acids is 2. The maximum absolute atomic E-state index is 11.7. The molecule has 8 heteroatoms. The van der Waals surface area contributed by atoms with Crippen molar-refractivity contribution >= 4 is 68.6 Å². The highest BCUT2D eigenvalue weighted by Crippen LogP contribution is 2.16. The van der Waals surface area contributed by atoms with Gasteiger partial charge in [-0.15, -0.1) is 0 Å². The summed E-state index contributed by atoms with van der Waals surface area (Å²) < 4.78 is 1.75. The number of alkyl halides is 2. The van der Waals surface area contributed by atoms with Crippen LogP contribution in [0.2, 0.25) is 0 Å². The topological polar surface area (TPSA) is 82.3 Å². The van der Waals surface area contributed by atoms with E-state index in [9.17, 15) is 9.59 Å². The largest absolute Gasteiger partial charge is 0.337 e. The van der Waals surface area contributed by atoms with E-state index in [4.69, 9.17) is 0 Å². The number of urea groups is 2. The zero-order chi connectivity index (χ0) is 19.5. The summed E-state index contributed by atoms with van der Waals surface area (Å²) in [4.78, 5) is 23.3. The Hall–Kier alpha value is -1.56. The molecule has 0 saturated carbocycles. The first-order valence-electron chi connectivity index (χ1n) is 8.50. The molecule has 0 heterocycles. The van der Waals surface area contributed by atoms with Crippen molar-refractivity contribution in [3.05, 3.63) is 59.7 Å². The van der Waals surface area contributed by atoms with Crippen molar-refractivity contribution in [3.8, 4) is 0 Å². The number of nitrogens with one attached hydrogen (secondary N) is 4. The van der Waals surface area contributed by atoms with Gasteiger partial charge in [0, 0.05) is 33.3 Å². The fraction of sp³-hybridized carbons (Fsp3) is 0.263. The van der Waals surface area contributed by atoms with E-state index in [1.54, 1.807) is 0 Å². The Morgan fingerprint density at radius 1 is 0.667 bits per heavy atom. The van der Waals surface area contributed by atoms with Crippen LogP contribution in [0.15, 0.2) is 48.5 Å². The number of rotatable bonds is 8. The quantitative estimate of drug-likeness (QED) is 0.271. The molecule has 27 heavy (non-hydrogen) atoms. The molecule has 2 aromatic rings. The molecule has 0 bridgehead atoms. The van der Waals surface area contributed by atoms with Gasteiger partial charge in [0.15, 0.2) is 0 Å². The Bertz CT molecular complexity index is 673. The average molecular weight is 592 g/mol. The van der Waals surface area contributed by atoms with Gasteiger partial charge >= 0.3 is 12.1 Å². The number of anilines is 2. The van der Waals surface area contributed by atoms with Crippen LogP contribution >= 0.6 is 45.2 Å². The van der Waals surface area contributed by atoms with Gasteiger partial charge in [-0.05, 0) is 41.8 Å². The third-order valence-electron chi connectivity index (χ3n) is 3.59. The minimum Gasteiger partial charge on any atom is -0.337 e. The molecule has 4 amide bonds. The average Bonchev–Trinajstić information content (AvgIpc) is 2.68. The number of halogens is 2. The van der Waals surface area contributed by atoms with E-state index in [-0.39, 0.29) is 12.1 Å². The van der Waals surface area contributed by atoms with Gasteiger partial charge in [-0.25, -0.2) is 9.59 Å². The zero-order valence-electron chi connectivity index (χ0n) is 14.7. The molecule has 0 fully saturated rings. The number of benzene rings is 2. The van der Waals surface area contributed by atoms with E-state index in [1.807, 2.05) is 48.5 Å². The Balaban J connectivity index is 1.86. The number of hydrogen-bond donors (Lipinski definition) is 4. The van der Waals surface area contributed by atoms with Crippen LogP contribution in [0.4, 0.5) is 21.0 Å². The second kappa shape index (κ2) is 12.0. The van der Waals surface area contributed by atoms with Crippen molar-refractivity contribution in [1.82, 2.24) is 10.6 Å². The summed E-state index contributed by atoms with van der Waals surface area (Å²) in [6.45, 7) is 1.30. The van der Waals surface area contributed by atoms with Gasteiger partial charge in [0.25, 0.3) is 0 Å². The van der Waals surface area contributed by atoms with Crippen molar-refractivity contribution in [2.75, 3.05) is 32.6 Å². The van der Waals surface area contributed by atoms with Gasteiger partial charge in [0.2, 0.25) is 0 Å². The molecule has 2 rings (SSSR count). The molecule has 6 nitrogen and oxygen atoms in total. The summed E-state index contributed by atoms with van der Waals surface area (Å²) in [7, 11) is 0. The lowest BCUT2D eigenvalue weighted by Gasteiger charge is -2.09. The lowest BCUT2D eigenvalue weighted by Crippen LogP contribution is -2.30. The molecule has 4 N–H and O–H groups in total. The van der Waals surface area contributed by atoms with Crippen molar-refractivity contribution in [2.24, 2.45) is 0 Å². The van der Waals surface area contributed by atoms with Gasteiger partial charge in [0.1, 0.15) is 0 Å². The Labute approximate surface area is 186 Å². The molecule has 0 unspecified atom stereocenters. The van der Waals surface area contributed by atoms with Crippen LogP contribution in [-0.2, 0) is 6.42 Å². The summed E-state index contributed by atoms with van der Waals surface area (Å²) in [6.07, 6.45) is 0.780. The number of amides is 4. The molecule has 0 aromatic heterocycles. The maximum Gasteiger partial charge on any atom is 0.319 e. The third kappa shape index (κ3) is 8.33. The van der Waals surface area contributed by atoms with Crippen LogP contribution in [0.3, 0.4) is 0 Å². The van der Waals surface area contributed by atoms with Crippen molar-refractivity contribution in [1.29, 1.82) is 0 Å². The van der Waals surface area contributed by atoms with Gasteiger partial charge < -0.3 is 21.3 Å². The Kier molecular flexibility index (Phi) is 9.67. The molecule has 0 aliphatic rings. The van der Waals surface area contributed by atoms with E-state index < -0.39 is 0 Å². The minimum absolute atomic E-state index is 0.190. The van der Waals surface area contributed by atoms with Crippen LogP contribution in [-0.4, -0.2) is 34.0 Å². The van der Waals surface area contributed by atoms with Crippen LogP contribution in [0, 0.1) is 0 Å². The summed E-state index contributed by atoms with van der Waals surface area (Å²) in [6, 6.07) is 15.2. The van der Waals surface area contributed by atoms with Crippen molar-refractivity contribution in [3.63, 3.8) is 0 Å². The van der Waals surface area contributed by atoms with Crippen LogP contribution in [0.5, 0.6) is 0 Å². The SMILES string of the molecule is O=C(NCCI)Nc1ccc(Cc2ccc(NC(=O)NCCI)cc2)cc1. The second-order valence-electron chi connectivity index (χ2n) is 5.71. The van der Waals surface area contributed by atoms with Crippen LogP contribution < -0.4 is 21.3 Å². The molecule has 0 saturated heterocycles. The smallest absolute Gasteiger partial charge is 0.319 e. The van der Waals surface area contributed by atoms with Crippen LogP contribution in [0.1, 0.15) is 11.1 Å². The summed E-state index contributed by atoms with van der Waals surface area (Å²) in [5.41, 5.74) is 3.82. The predicted octanol–water partition coefficient (Wildman–Crippen LogP) is 4.39. The standard InChI is InChI=1S/C19H22I2N4O2/c20-9-11-22-18(26)24-16-5-1-14(2-6-16)13-15-3-7-17(8-4-15)25-19(27)23-12-10-21/h1-8H,9-13H2,(H2,22,24,26)(H2,23,25,27). The fourth-order valence-corrected chi connectivity index (χ4v) is 2.86. The first-order valence-corrected chi connectivity index (χ1v) is 11.6. The second-order valence-corrected chi connectivity index (χ2v) is 7.87. The van der Waals surface area contributed by atoms with E-state index >= 15 is 0 Å². The summed E-state index contributed by atoms with van der Waals surface area (Å²) in [5, 5.41) is 11.2. The molecule has 2 aromatic carbocycles. The van der Waals surface area contributed by atoms with E-state index in [2.05, 4.69) is 66.4 Å². The highest BCUT2D eigenvalue weighted by molar-refractivity contribution is 14.1. The molecular weight excluding hydrogens is 570 g/mol. The number of hydrogen-bond acceptors (Lipinski definition) is 2. The van der Waals surface area contributed by atoms with Crippen LogP contribution in [0.25, 0.3) is 0 Å². The van der Waals surface area contributed by atoms with Gasteiger partial charge in [-0.2, -0.15) is 0 Å². The first-order chi connectivity index (χ1) is 13.1. The molecule has 144 valence electrons. The van der Waals surface area contributed by atoms with Gasteiger partial charge in [-0.1, -0.05) is 69.4 Å². The highest BCUT2D eigenvalue weighted by atomic mass is 127. The lowest BCUT2D eigenvalue weighted by molar-refractivity contribution is 0.252. The monoisotopic (exact) mass is 592 g/mol. The molecule has 0 aliphatic heterocycles. The predicted molar refractivity (Wildman–Crippen MR) is 128 cm³/mol. The van der Waals surface area contributed by atoms with Crippen molar-refractivity contribution < 1.29 is 9.59 Å². The lowest BCUT2D eigenvalue weighted by atomic mass is 10.0. The molecule has 0 atom stereocenters. The van der Waals surface area contributed by atoms with Gasteiger partial charge in [0.05, 0.1) is 0 Å². The van der Waals surface area contributed by atoms with E-state index in [0.29, 0.717) is 13.1 Å². The Morgan fingerprint density at radius 2 is 1.04 bits per heavy atom. The summed E-state index contributed by atoms with van der Waals surface area (Å²) in [5.74, 6) is 0. The number of carbonyl (C=O) groups is 2. The highest BCUT2D eigenvalue weighted by Gasteiger charge is 2.03. The molecular formula is C19H22I2N4O2. The summed E-state index contributed by atoms with van der Waals surface area (Å²) >= 11 is 4.43. The molecule has 0 aliphatic carbocycles. The zero-order valence-corrected chi connectivity index (χ0v) is 19.0. The normalized spacial score (nSPS) is 10.1. The Morgan fingerprint density at radius 3 is 1.37 bits per heavy atom. The third-order valence-corrected chi connectivity index (χ3v) is 4.67. The fourth-order valence-electron chi connectivity index (χ4n) is 2.32. The maximum atomic E-state index is 11.7. The van der Waals surface area contributed by atoms with Crippen molar-refractivity contribution in [2.45, 2.75) is 6.42 Å². The van der Waals surface area contributed by atoms with Gasteiger partial charge in [-0.3, -0.25) is 0 Å². The molecule has 0 radical (unpaired) electrons. The first kappa shape index (κ1) is 21.7. The van der Waals surface area contributed by atoms with E-state index in [0.717, 1.165) is 37.8 Å². The molecule has 0 spiro atoms.